The van der Waals surface area contributed by atoms with Gasteiger partial charge in [-0.15, -0.1) is 11.6 Å². The summed E-state index contributed by atoms with van der Waals surface area (Å²) in [6.07, 6.45) is 2.54. The molecule has 0 unspecified atom stereocenters. The molecule has 5 heteroatoms. The number of aromatic nitrogens is 2. The molecule has 1 aliphatic rings. The number of rotatable bonds is 3. The minimum atomic E-state index is -0.821. The van der Waals surface area contributed by atoms with Gasteiger partial charge < -0.3 is 4.57 Å². The summed E-state index contributed by atoms with van der Waals surface area (Å²) in [5.41, 5.74) is 0.801. The van der Waals surface area contributed by atoms with Gasteiger partial charge in [-0.25, -0.2) is 13.8 Å². The third-order valence-electron chi connectivity index (χ3n) is 3.85. The Morgan fingerprint density at radius 3 is 2.74 bits per heavy atom. The largest absolute Gasteiger partial charge is 0.322 e. The van der Waals surface area contributed by atoms with E-state index in [1.165, 1.54) is 6.07 Å². The van der Waals surface area contributed by atoms with Gasteiger partial charge in [0, 0.05) is 18.3 Å². The number of fused-ring (bicyclic) bond motifs is 1. The monoisotopic (exact) mass is 284 g/mol. The second kappa shape index (κ2) is 4.75. The number of alkyl halides is 1. The molecule has 0 aliphatic heterocycles. The first-order valence-corrected chi connectivity index (χ1v) is 7.06. The first-order chi connectivity index (χ1) is 9.11. The summed E-state index contributed by atoms with van der Waals surface area (Å²) < 4.78 is 29.4. The van der Waals surface area contributed by atoms with Crippen molar-refractivity contribution in [3.05, 3.63) is 29.6 Å². The first kappa shape index (κ1) is 12.9. The molecule has 1 saturated carbocycles. The van der Waals surface area contributed by atoms with Crippen LogP contribution in [0.3, 0.4) is 0 Å². The molecule has 0 radical (unpaired) electrons. The van der Waals surface area contributed by atoms with E-state index in [2.05, 4.69) is 11.9 Å². The Kier molecular flexibility index (Phi) is 3.21. The third-order valence-corrected chi connectivity index (χ3v) is 4.04. The molecule has 2 aromatic rings. The molecule has 0 saturated heterocycles. The van der Waals surface area contributed by atoms with Crippen molar-refractivity contribution in [2.24, 2.45) is 5.92 Å². The van der Waals surface area contributed by atoms with Crippen LogP contribution in [0, 0.1) is 17.6 Å². The summed E-state index contributed by atoms with van der Waals surface area (Å²) in [4.78, 5) is 4.40. The van der Waals surface area contributed by atoms with Gasteiger partial charge >= 0.3 is 0 Å². The zero-order valence-electron chi connectivity index (χ0n) is 10.7. The third kappa shape index (κ3) is 2.02. The van der Waals surface area contributed by atoms with Crippen molar-refractivity contribution in [3.8, 4) is 0 Å². The normalized spacial score (nSPS) is 22.7. The smallest absolute Gasteiger partial charge is 0.184 e. The number of hydrogen-bond acceptors (Lipinski definition) is 1. The number of hydrogen-bond donors (Lipinski definition) is 0. The van der Waals surface area contributed by atoms with Crippen LogP contribution in [0.4, 0.5) is 8.78 Å². The highest BCUT2D eigenvalue weighted by atomic mass is 35.5. The van der Waals surface area contributed by atoms with Gasteiger partial charge in [0.2, 0.25) is 0 Å². The fraction of sp³-hybridized carbons (Fsp3) is 0.500. The SMILES string of the molecule is CC1CC(n2c(CCCl)nc3ccc(F)c(F)c32)C1. The van der Waals surface area contributed by atoms with E-state index in [-0.39, 0.29) is 11.6 Å². The highest BCUT2D eigenvalue weighted by Crippen LogP contribution is 2.40. The number of benzene rings is 1. The molecular weight excluding hydrogens is 270 g/mol. The molecule has 3 rings (SSSR count). The van der Waals surface area contributed by atoms with Crippen molar-refractivity contribution in [1.82, 2.24) is 9.55 Å². The van der Waals surface area contributed by atoms with Gasteiger partial charge in [0.05, 0.1) is 5.52 Å². The van der Waals surface area contributed by atoms with Crippen molar-refractivity contribution in [1.29, 1.82) is 0 Å². The Bertz CT molecular complexity index is 617. The summed E-state index contributed by atoms with van der Waals surface area (Å²) in [6.45, 7) is 2.16. The highest BCUT2D eigenvalue weighted by molar-refractivity contribution is 6.17. The van der Waals surface area contributed by atoms with Crippen LogP contribution in [0.2, 0.25) is 0 Å². The summed E-state index contributed by atoms with van der Waals surface area (Å²) in [5.74, 6) is 0.188. The van der Waals surface area contributed by atoms with Crippen LogP contribution in [0.1, 0.15) is 31.6 Å². The number of nitrogens with zero attached hydrogens (tertiary/aromatic N) is 2. The van der Waals surface area contributed by atoms with Crippen LogP contribution in [-0.2, 0) is 6.42 Å². The topological polar surface area (TPSA) is 17.8 Å². The number of imidazole rings is 1. The molecule has 2 nitrogen and oxygen atoms in total. The molecular formula is C14H15ClF2N2. The number of aryl methyl sites for hydroxylation is 1. The zero-order valence-corrected chi connectivity index (χ0v) is 11.4. The first-order valence-electron chi connectivity index (χ1n) is 6.52. The maximum absolute atomic E-state index is 14.1. The van der Waals surface area contributed by atoms with Crippen LogP contribution in [0.25, 0.3) is 11.0 Å². The Balaban J connectivity index is 2.19. The predicted octanol–water partition coefficient (Wildman–Crippen LogP) is 4.07. The van der Waals surface area contributed by atoms with E-state index < -0.39 is 11.6 Å². The van der Waals surface area contributed by atoms with Crippen molar-refractivity contribution in [2.45, 2.75) is 32.2 Å². The van der Waals surface area contributed by atoms with E-state index in [4.69, 9.17) is 11.6 Å². The standard InChI is InChI=1S/C14H15ClF2N2/c1-8-6-9(7-8)19-12(4-5-15)18-11-3-2-10(16)13(17)14(11)19/h2-3,8-9H,4-7H2,1H3. The average Bonchev–Trinajstić information content (AvgIpc) is 2.69. The Morgan fingerprint density at radius 2 is 2.11 bits per heavy atom. The molecule has 0 amide bonds. The summed E-state index contributed by atoms with van der Waals surface area (Å²) in [7, 11) is 0. The second-order valence-corrected chi connectivity index (χ2v) is 5.67. The predicted molar refractivity (Wildman–Crippen MR) is 71.5 cm³/mol. The lowest BCUT2D eigenvalue weighted by atomic mass is 9.81. The molecule has 0 atom stereocenters. The molecule has 0 bridgehead atoms. The molecule has 0 N–H and O–H groups in total. The maximum atomic E-state index is 14.1. The minimum Gasteiger partial charge on any atom is -0.322 e. The minimum absolute atomic E-state index is 0.217. The Labute approximate surface area is 115 Å². The summed E-state index contributed by atoms with van der Waals surface area (Å²) >= 11 is 5.78. The molecule has 19 heavy (non-hydrogen) atoms. The maximum Gasteiger partial charge on any atom is 0.184 e. The lowest BCUT2D eigenvalue weighted by Gasteiger charge is -2.35. The van der Waals surface area contributed by atoms with Crippen LogP contribution in [-0.4, -0.2) is 15.4 Å². The van der Waals surface area contributed by atoms with E-state index in [0.29, 0.717) is 23.7 Å². The van der Waals surface area contributed by atoms with Gasteiger partial charge in [0.15, 0.2) is 11.6 Å². The van der Waals surface area contributed by atoms with E-state index >= 15 is 0 Å². The summed E-state index contributed by atoms with van der Waals surface area (Å²) in [5, 5.41) is 0. The molecule has 1 aromatic heterocycles. The van der Waals surface area contributed by atoms with Gasteiger partial charge in [-0.2, -0.15) is 0 Å². The van der Waals surface area contributed by atoms with E-state index in [9.17, 15) is 8.78 Å². The molecule has 1 fully saturated rings. The zero-order chi connectivity index (χ0) is 13.6. The van der Waals surface area contributed by atoms with Gasteiger partial charge in [-0.1, -0.05) is 6.92 Å². The Hall–Kier alpha value is -1.16. The number of halogens is 3. The van der Waals surface area contributed by atoms with Crippen molar-refractivity contribution >= 4 is 22.6 Å². The van der Waals surface area contributed by atoms with E-state index in [0.717, 1.165) is 24.7 Å². The van der Waals surface area contributed by atoms with E-state index in [1.54, 1.807) is 0 Å². The van der Waals surface area contributed by atoms with Crippen molar-refractivity contribution in [2.75, 3.05) is 5.88 Å². The van der Waals surface area contributed by atoms with Gasteiger partial charge in [-0.3, -0.25) is 0 Å². The summed E-state index contributed by atoms with van der Waals surface area (Å²) in [6, 6.07) is 2.88. The van der Waals surface area contributed by atoms with Gasteiger partial charge in [0.1, 0.15) is 11.3 Å². The van der Waals surface area contributed by atoms with Gasteiger partial charge in [-0.05, 0) is 30.9 Å². The van der Waals surface area contributed by atoms with Crippen LogP contribution in [0.5, 0.6) is 0 Å². The van der Waals surface area contributed by atoms with Crippen LogP contribution in [0.15, 0.2) is 12.1 Å². The lowest BCUT2D eigenvalue weighted by Crippen LogP contribution is -2.26. The molecule has 1 aliphatic carbocycles. The average molecular weight is 285 g/mol. The molecule has 1 aromatic carbocycles. The van der Waals surface area contributed by atoms with E-state index in [1.807, 2.05) is 4.57 Å². The second-order valence-electron chi connectivity index (χ2n) is 5.30. The van der Waals surface area contributed by atoms with Crippen LogP contribution < -0.4 is 0 Å². The van der Waals surface area contributed by atoms with Gasteiger partial charge in [0.25, 0.3) is 0 Å². The quantitative estimate of drug-likeness (QED) is 0.777. The highest BCUT2D eigenvalue weighted by Gasteiger charge is 2.31. The molecule has 0 spiro atoms. The molecule has 1 heterocycles. The van der Waals surface area contributed by atoms with Crippen molar-refractivity contribution in [3.63, 3.8) is 0 Å². The Morgan fingerprint density at radius 1 is 1.37 bits per heavy atom. The lowest BCUT2D eigenvalue weighted by molar-refractivity contribution is 0.216. The van der Waals surface area contributed by atoms with Crippen molar-refractivity contribution < 1.29 is 8.78 Å². The van der Waals surface area contributed by atoms with Crippen LogP contribution >= 0.6 is 11.6 Å². The fourth-order valence-corrected chi connectivity index (χ4v) is 3.07. The molecule has 102 valence electrons. The fourth-order valence-electron chi connectivity index (χ4n) is 2.90.